The second kappa shape index (κ2) is 5.96. The van der Waals surface area contributed by atoms with Crippen molar-refractivity contribution >= 4 is 5.91 Å². The van der Waals surface area contributed by atoms with Gasteiger partial charge in [-0.3, -0.25) is 9.89 Å². The van der Waals surface area contributed by atoms with Gasteiger partial charge in [-0.25, -0.2) is 13.5 Å². The van der Waals surface area contributed by atoms with Crippen molar-refractivity contribution in [1.29, 1.82) is 0 Å². The topological polar surface area (TPSA) is 87.0 Å². The van der Waals surface area contributed by atoms with E-state index in [0.29, 0.717) is 18.5 Å². The minimum atomic E-state index is -1.15. The number of carbonyl (C=O) groups excluding carboxylic acids is 1. The van der Waals surface area contributed by atoms with E-state index in [2.05, 4.69) is 15.3 Å². The molecule has 0 radical (unpaired) electrons. The first-order valence-corrected chi connectivity index (χ1v) is 9.03. The molecule has 9 heteroatoms. The minimum absolute atomic E-state index is 0.129. The number of aromatic nitrogens is 4. The normalized spacial score (nSPS) is 17.5. The monoisotopic (exact) mass is 385 g/mol. The Morgan fingerprint density at radius 1 is 1.18 bits per heavy atom. The van der Waals surface area contributed by atoms with Gasteiger partial charge >= 0.3 is 0 Å². The van der Waals surface area contributed by atoms with Gasteiger partial charge in [-0.2, -0.15) is 10.2 Å². The van der Waals surface area contributed by atoms with Crippen molar-refractivity contribution in [2.24, 2.45) is 0 Å². The molecule has 3 heterocycles. The summed E-state index contributed by atoms with van der Waals surface area (Å²) in [6, 6.07) is 4.87. The van der Waals surface area contributed by atoms with E-state index in [0.717, 1.165) is 23.7 Å². The second-order valence-electron chi connectivity index (χ2n) is 7.33. The first kappa shape index (κ1) is 17.1. The van der Waals surface area contributed by atoms with Gasteiger partial charge in [-0.1, -0.05) is 0 Å². The van der Waals surface area contributed by atoms with Gasteiger partial charge in [-0.05, 0) is 37.5 Å². The number of amides is 1. The Morgan fingerprint density at radius 2 is 1.93 bits per heavy atom. The van der Waals surface area contributed by atoms with Crippen LogP contribution in [0.4, 0.5) is 8.78 Å². The van der Waals surface area contributed by atoms with Crippen molar-refractivity contribution in [3.63, 3.8) is 0 Å². The third-order valence-electron chi connectivity index (χ3n) is 5.42. The van der Waals surface area contributed by atoms with E-state index in [4.69, 9.17) is 0 Å². The molecule has 2 aliphatic rings. The Balaban J connectivity index is 1.46. The number of aromatic amines is 1. The first-order valence-electron chi connectivity index (χ1n) is 9.03. The average molecular weight is 385 g/mol. The van der Waals surface area contributed by atoms with E-state index in [1.165, 1.54) is 21.7 Å². The Morgan fingerprint density at radius 3 is 2.61 bits per heavy atom. The summed E-state index contributed by atoms with van der Waals surface area (Å²) in [7, 11) is 0. The van der Waals surface area contributed by atoms with Crippen molar-refractivity contribution in [1.82, 2.24) is 24.9 Å². The van der Waals surface area contributed by atoms with E-state index in [-0.39, 0.29) is 30.4 Å². The number of hydrogen-bond acceptors (Lipinski definition) is 4. The molecule has 0 atom stereocenters. The number of halogens is 2. The number of β-amino-alcohol motifs (C(OH)–C–C–N with tert-alkyl or cyclic N) is 1. The highest BCUT2D eigenvalue weighted by atomic mass is 19.1. The van der Waals surface area contributed by atoms with Crippen LogP contribution in [-0.4, -0.2) is 49.0 Å². The summed E-state index contributed by atoms with van der Waals surface area (Å²) in [5, 5.41) is 21.5. The standard InChI is InChI=1S/C19H17F2N5O2/c20-11-6-12(21)8-13(7-11)26-15-3-1-2-14(15)17(24-26)18(27)25-9-19(28,10-25)16-4-5-22-23-16/h4-8,28H,1-3,9-10H2,(H,22,23). The summed E-state index contributed by atoms with van der Waals surface area (Å²) < 4.78 is 28.8. The quantitative estimate of drug-likeness (QED) is 0.719. The van der Waals surface area contributed by atoms with Gasteiger partial charge in [0.2, 0.25) is 0 Å². The van der Waals surface area contributed by atoms with Crippen molar-refractivity contribution in [3.05, 3.63) is 64.7 Å². The van der Waals surface area contributed by atoms with E-state index >= 15 is 0 Å². The van der Waals surface area contributed by atoms with Crippen molar-refractivity contribution in [3.8, 4) is 5.69 Å². The van der Waals surface area contributed by atoms with Crippen LogP contribution in [0, 0.1) is 11.6 Å². The molecule has 0 spiro atoms. The molecule has 2 N–H and O–H groups in total. The highest BCUT2D eigenvalue weighted by Gasteiger charge is 2.47. The molecule has 7 nitrogen and oxygen atoms in total. The molecule has 144 valence electrons. The van der Waals surface area contributed by atoms with Crippen molar-refractivity contribution < 1.29 is 18.7 Å². The molecule has 3 aromatic rings. The summed E-state index contributed by atoms with van der Waals surface area (Å²) in [6.45, 7) is 0.258. The van der Waals surface area contributed by atoms with Crippen LogP contribution in [0.25, 0.3) is 5.69 Å². The molecule has 0 saturated carbocycles. The highest BCUT2D eigenvalue weighted by molar-refractivity contribution is 5.95. The summed E-state index contributed by atoms with van der Waals surface area (Å²) >= 11 is 0. The number of rotatable bonds is 3. The Labute approximate surface area is 158 Å². The molecule has 0 unspecified atom stereocenters. The van der Waals surface area contributed by atoms with E-state index < -0.39 is 17.2 Å². The number of nitrogens with zero attached hydrogens (tertiary/aromatic N) is 4. The predicted octanol–water partition coefficient (Wildman–Crippen LogP) is 1.71. The number of carbonyl (C=O) groups is 1. The number of hydrogen-bond donors (Lipinski definition) is 2. The van der Waals surface area contributed by atoms with Gasteiger partial charge in [0.05, 0.1) is 24.5 Å². The molecular weight excluding hydrogens is 368 g/mol. The lowest BCUT2D eigenvalue weighted by atomic mass is 9.90. The number of fused-ring (bicyclic) bond motifs is 1. The number of H-pyrrole nitrogens is 1. The number of nitrogens with one attached hydrogen (secondary N) is 1. The molecular formula is C19H17F2N5O2. The fourth-order valence-corrected chi connectivity index (χ4v) is 4.05. The van der Waals surface area contributed by atoms with Gasteiger partial charge < -0.3 is 10.0 Å². The molecule has 5 rings (SSSR count). The largest absolute Gasteiger partial charge is 0.380 e. The lowest BCUT2D eigenvalue weighted by Gasteiger charge is -2.45. The Bertz CT molecular complexity index is 1050. The summed E-state index contributed by atoms with van der Waals surface area (Å²) in [6.07, 6.45) is 3.77. The molecule has 1 aliphatic carbocycles. The lowest BCUT2D eigenvalue weighted by molar-refractivity contribution is -0.0894. The summed E-state index contributed by atoms with van der Waals surface area (Å²) in [4.78, 5) is 14.5. The molecule has 1 amide bonds. The summed E-state index contributed by atoms with van der Waals surface area (Å²) in [5.41, 5.74) is 1.56. The molecule has 1 aliphatic heterocycles. The first-order chi connectivity index (χ1) is 13.4. The zero-order valence-corrected chi connectivity index (χ0v) is 14.8. The maximum atomic E-state index is 13.7. The second-order valence-corrected chi connectivity index (χ2v) is 7.33. The fraction of sp³-hybridized carbons (Fsp3) is 0.316. The van der Waals surface area contributed by atoms with E-state index in [9.17, 15) is 18.7 Å². The van der Waals surface area contributed by atoms with Crippen molar-refractivity contribution in [2.75, 3.05) is 13.1 Å². The van der Waals surface area contributed by atoms with E-state index in [1.807, 2.05) is 0 Å². The maximum absolute atomic E-state index is 13.7. The van der Waals surface area contributed by atoms with Crippen LogP contribution in [0.2, 0.25) is 0 Å². The van der Waals surface area contributed by atoms with Crippen LogP contribution in [-0.2, 0) is 18.4 Å². The predicted molar refractivity (Wildman–Crippen MR) is 93.9 cm³/mol. The van der Waals surface area contributed by atoms with Gasteiger partial charge in [0.15, 0.2) is 5.69 Å². The van der Waals surface area contributed by atoms with Gasteiger partial charge in [-0.15, -0.1) is 0 Å². The van der Waals surface area contributed by atoms with Crippen LogP contribution in [0.15, 0.2) is 30.5 Å². The molecule has 28 heavy (non-hydrogen) atoms. The van der Waals surface area contributed by atoms with Gasteiger partial charge in [0, 0.05) is 23.5 Å². The zero-order valence-electron chi connectivity index (χ0n) is 14.8. The SMILES string of the molecule is O=C(c1nn(-c2cc(F)cc(F)c2)c2c1CCC2)N1CC(O)(c2ccn[nH]2)C1. The summed E-state index contributed by atoms with van der Waals surface area (Å²) in [5.74, 6) is -1.69. The molecule has 0 bridgehead atoms. The van der Waals surface area contributed by atoms with Gasteiger partial charge in [0.1, 0.15) is 17.2 Å². The van der Waals surface area contributed by atoms with Gasteiger partial charge in [0.25, 0.3) is 5.91 Å². The molecule has 2 aromatic heterocycles. The van der Waals surface area contributed by atoms with Crippen LogP contribution >= 0.6 is 0 Å². The van der Waals surface area contributed by atoms with Crippen LogP contribution in [0.3, 0.4) is 0 Å². The fourth-order valence-electron chi connectivity index (χ4n) is 4.05. The van der Waals surface area contributed by atoms with Crippen LogP contribution in [0.1, 0.15) is 33.9 Å². The smallest absolute Gasteiger partial charge is 0.274 e. The Kier molecular flexibility index (Phi) is 3.63. The van der Waals surface area contributed by atoms with Crippen LogP contribution < -0.4 is 0 Å². The molecule has 1 aromatic carbocycles. The van der Waals surface area contributed by atoms with Crippen LogP contribution in [0.5, 0.6) is 0 Å². The number of aliphatic hydroxyl groups is 1. The molecule has 1 fully saturated rings. The maximum Gasteiger partial charge on any atom is 0.274 e. The van der Waals surface area contributed by atoms with E-state index in [1.54, 1.807) is 12.3 Å². The third-order valence-corrected chi connectivity index (χ3v) is 5.42. The highest BCUT2D eigenvalue weighted by Crippen LogP contribution is 2.34. The number of benzene rings is 1. The zero-order chi connectivity index (χ0) is 19.5. The third kappa shape index (κ3) is 2.54. The number of likely N-dealkylation sites (tertiary alicyclic amines) is 1. The average Bonchev–Trinajstić information content (AvgIpc) is 3.34. The Hall–Kier alpha value is -3.07. The minimum Gasteiger partial charge on any atom is -0.380 e. The van der Waals surface area contributed by atoms with Crippen molar-refractivity contribution in [2.45, 2.75) is 24.9 Å². The molecule has 1 saturated heterocycles. The lowest BCUT2D eigenvalue weighted by Crippen LogP contribution is -2.61.